The molecule has 0 aliphatic carbocycles. The number of nitrogens with zero attached hydrogens (tertiary/aromatic N) is 5. The molecule has 0 aliphatic rings. The van der Waals surface area contributed by atoms with Gasteiger partial charge < -0.3 is 14.6 Å². The number of rotatable bonds is 13. The number of hydrogen-bond acceptors (Lipinski definition) is 7. The molecule has 0 aliphatic heterocycles. The molecule has 11 heteroatoms. The molecular formula is C31H37BrN6O4. The number of pyridine rings is 1. The van der Waals surface area contributed by atoms with Crippen molar-refractivity contribution in [3.8, 4) is 34.1 Å². The summed E-state index contributed by atoms with van der Waals surface area (Å²) in [5, 5.41) is 31.7. The van der Waals surface area contributed by atoms with Crippen LogP contribution in [0, 0.1) is 11.3 Å². The van der Waals surface area contributed by atoms with E-state index in [0.717, 1.165) is 53.3 Å². The summed E-state index contributed by atoms with van der Waals surface area (Å²) in [5.74, 6) is 0.510. The lowest BCUT2D eigenvalue weighted by Crippen LogP contribution is -2.27. The van der Waals surface area contributed by atoms with Crippen LogP contribution in [-0.2, 0) is 11.3 Å². The fraction of sp³-hybridized carbons (Fsp3) is 0.419. The molecular weight excluding hydrogens is 600 g/mol. The number of halogens is 1. The van der Waals surface area contributed by atoms with Crippen LogP contribution >= 0.6 is 15.9 Å². The molecule has 0 radical (unpaired) electrons. The molecule has 4 aromatic rings. The standard InChI is InChI=1S/C31H37BrN6O4/c1-31(2,3)42-30(40)36-27-10-9-22(16-28(27)41-14-8-6-4-5-7-11-32)26-15-23(25-19-34-37(20-25)12-13-39)21-38-29(26)24(17-33)18-35-38/h9-10,15-16,18-21,39H,4-8,11-14H2,1-3H3,(H,36,40). The Balaban J connectivity index is 1.71. The highest BCUT2D eigenvalue weighted by Crippen LogP contribution is 2.36. The highest BCUT2D eigenvalue weighted by Gasteiger charge is 2.20. The minimum Gasteiger partial charge on any atom is -0.491 e. The topological polar surface area (TPSA) is 127 Å². The van der Waals surface area contributed by atoms with Gasteiger partial charge in [0.05, 0.1) is 48.9 Å². The van der Waals surface area contributed by atoms with Gasteiger partial charge in [0.1, 0.15) is 17.4 Å². The first kappa shape index (κ1) is 31.1. The first-order chi connectivity index (χ1) is 20.2. The number of carbonyl (C=O) groups is 1. The Kier molecular flexibility index (Phi) is 10.6. The van der Waals surface area contributed by atoms with Crippen LogP contribution in [0.1, 0.15) is 58.4 Å². The number of amides is 1. The third kappa shape index (κ3) is 8.11. The molecule has 0 saturated carbocycles. The second-order valence-corrected chi connectivity index (χ2v) is 11.8. The number of carbonyl (C=O) groups excluding carboxylic acids is 1. The number of aromatic nitrogens is 4. The second-order valence-electron chi connectivity index (χ2n) is 11.0. The number of anilines is 1. The van der Waals surface area contributed by atoms with Crippen molar-refractivity contribution in [3.05, 3.63) is 54.6 Å². The number of hydrogen-bond donors (Lipinski definition) is 2. The van der Waals surface area contributed by atoms with Gasteiger partial charge in [-0.25, -0.2) is 9.31 Å². The van der Waals surface area contributed by atoms with Crippen molar-refractivity contribution in [1.82, 2.24) is 19.4 Å². The van der Waals surface area contributed by atoms with Gasteiger partial charge in [0.2, 0.25) is 0 Å². The molecule has 1 amide bonds. The SMILES string of the molecule is CC(C)(C)OC(=O)Nc1ccc(-c2cc(-c3cnn(CCO)c3)cn3ncc(C#N)c23)cc1OCCCCCCCBr. The third-order valence-electron chi connectivity index (χ3n) is 6.49. The molecule has 3 heterocycles. The number of alkyl halides is 1. The summed E-state index contributed by atoms with van der Waals surface area (Å²) in [4.78, 5) is 12.6. The van der Waals surface area contributed by atoms with E-state index in [9.17, 15) is 15.2 Å². The number of ether oxygens (including phenoxy) is 2. The zero-order chi connectivity index (χ0) is 30.1. The van der Waals surface area contributed by atoms with Gasteiger partial charge in [0.15, 0.2) is 0 Å². The fourth-order valence-electron chi connectivity index (χ4n) is 4.55. The zero-order valence-corrected chi connectivity index (χ0v) is 25.9. The molecule has 1 aromatic carbocycles. The summed E-state index contributed by atoms with van der Waals surface area (Å²) in [6.45, 7) is 6.31. The lowest BCUT2D eigenvalue weighted by atomic mass is 9.99. The third-order valence-corrected chi connectivity index (χ3v) is 7.05. The maximum absolute atomic E-state index is 12.6. The number of unbranched alkanes of at least 4 members (excludes halogenated alkanes) is 4. The highest BCUT2D eigenvalue weighted by atomic mass is 79.9. The smallest absolute Gasteiger partial charge is 0.412 e. The van der Waals surface area contributed by atoms with E-state index in [2.05, 4.69) is 37.5 Å². The summed E-state index contributed by atoms with van der Waals surface area (Å²) in [7, 11) is 0. The van der Waals surface area contributed by atoms with Crippen molar-refractivity contribution < 1.29 is 19.4 Å². The number of aliphatic hydroxyl groups excluding tert-OH is 1. The Hall–Kier alpha value is -3.88. The van der Waals surface area contributed by atoms with Crippen molar-refractivity contribution in [3.63, 3.8) is 0 Å². The first-order valence-corrected chi connectivity index (χ1v) is 15.2. The molecule has 0 unspecified atom stereocenters. The van der Waals surface area contributed by atoms with Gasteiger partial charge in [-0.1, -0.05) is 41.3 Å². The average Bonchev–Trinajstić information content (AvgIpc) is 3.59. The Morgan fingerprint density at radius 1 is 1.05 bits per heavy atom. The molecule has 0 atom stereocenters. The van der Waals surface area contributed by atoms with Crippen molar-refractivity contribution in [2.45, 2.75) is 65.0 Å². The second kappa shape index (κ2) is 14.3. The minimum absolute atomic E-state index is 0.0145. The van der Waals surface area contributed by atoms with E-state index < -0.39 is 11.7 Å². The van der Waals surface area contributed by atoms with Crippen LogP contribution in [0.4, 0.5) is 10.5 Å². The van der Waals surface area contributed by atoms with Gasteiger partial charge in [-0.15, -0.1) is 0 Å². The molecule has 10 nitrogen and oxygen atoms in total. The molecule has 0 spiro atoms. The predicted octanol–water partition coefficient (Wildman–Crippen LogP) is 6.80. The van der Waals surface area contributed by atoms with E-state index in [1.807, 2.05) is 51.4 Å². The summed E-state index contributed by atoms with van der Waals surface area (Å²) in [6, 6.07) is 9.77. The molecule has 0 fully saturated rings. The molecule has 2 N–H and O–H groups in total. The van der Waals surface area contributed by atoms with Crippen molar-refractivity contribution in [2.24, 2.45) is 0 Å². The van der Waals surface area contributed by atoms with E-state index in [0.29, 0.717) is 35.7 Å². The Labute approximate surface area is 254 Å². The fourth-order valence-corrected chi connectivity index (χ4v) is 4.95. The van der Waals surface area contributed by atoms with Crippen LogP contribution in [0.5, 0.6) is 5.75 Å². The first-order valence-electron chi connectivity index (χ1n) is 14.1. The highest BCUT2D eigenvalue weighted by molar-refractivity contribution is 9.09. The summed E-state index contributed by atoms with van der Waals surface area (Å²) in [6.07, 6.45) is 11.8. The number of fused-ring (bicyclic) bond motifs is 1. The van der Waals surface area contributed by atoms with Crippen LogP contribution in [-0.4, -0.2) is 54.7 Å². The van der Waals surface area contributed by atoms with Gasteiger partial charge in [0.25, 0.3) is 0 Å². The molecule has 42 heavy (non-hydrogen) atoms. The quantitative estimate of drug-likeness (QED) is 0.122. The number of nitriles is 1. The number of nitrogens with one attached hydrogen (secondary N) is 1. The van der Waals surface area contributed by atoms with Crippen LogP contribution in [0.15, 0.2) is 49.1 Å². The van der Waals surface area contributed by atoms with Crippen LogP contribution in [0.3, 0.4) is 0 Å². The van der Waals surface area contributed by atoms with Gasteiger partial charge in [-0.05, 0) is 57.4 Å². The van der Waals surface area contributed by atoms with E-state index in [1.165, 1.54) is 6.42 Å². The maximum Gasteiger partial charge on any atom is 0.412 e. The summed E-state index contributed by atoms with van der Waals surface area (Å²) in [5.41, 5.74) is 4.22. The Bertz CT molecular complexity index is 1550. The molecule has 222 valence electrons. The van der Waals surface area contributed by atoms with E-state index in [-0.39, 0.29) is 6.61 Å². The van der Waals surface area contributed by atoms with Gasteiger partial charge >= 0.3 is 6.09 Å². The predicted molar refractivity (Wildman–Crippen MR) is 166 cm³/mol. The maximum atomic E-state index is 12.6. The van der Waals surface area contributed by atoms with Crippen molar-refractivity contribution in [2.75, 3.05) is 23.9 Å². The summed E-state index contributed by atoms with van der Waals surface area (Å²) < 4.78 is 15.1. The number of benzene rings is 1. The van der Waals surface area contributed by atoms with Crippen LogP contribution in [0.2, 0.25) is 0 Å². The molecule has 3 aromatic heterocycles. The normalized spacial score (nSPS) is 11.4. The van der Waals surface area contributed by atoms with E-state index in [1.54, 1.807) is 27.7 Å². The lowest BCUT2D eigenvalue weighted by Gasteiger charge is -2.21. The van der Waals surface area contributed by atoms with Crippen LogP contribution in [0.25, 0.3) is 27.8 Å². The minimum atomic E-state index is -0.646. The largest absolute Gasteiger partial charge is 0.491 e. The van der Waals surface area contributed by atoms with Crippen molar-refractivity contribution >= 4 is 33.2 Å². The summed E-state index contributed by atoms with van der Waals surface area (Å²) >= 11 is 3.47. The molecule has 4 rings (SSSR count). The Morgan fingerprint density at radius 3 is 2.57 bits per heavy atom. The number of aliphatic hydroxyl groups is 1. The van der Waals surface area contributed by atoms with Gasteiger partial charge in [-0.2, -0.15) is 15.5 Å². The van der Waals surface area contributed by atoms with E-state index in [4.69, 9.17) is 9.47 Å². The van der Waals surface area contributed by atoms with Gasteiger partial charge in [0, 0.05) is 34.4 Å². The monoisotopic (exact) mass is 636 g/mol. The molecule has 0 bridgehead atoms. The average molecular weight is 638 g/mol. The van der Waals surface area contributed by atoms with E-state index >= 15 is 0 Å². The zero-order valence-electron chi connectivity index (χ0n) is 24.3. The Morgan fingerprint density at radius 2 is 1.83 bits per heavy atom. The lowest BCUT2D eigenvalue weighted by molar-refractivity contribution is 0.0635. The van der Waals surface area contributed by atoms with Crippen molar-refractivity contribution in [1.29, 1.82) is 5.26 Å². The van der Waals surface area contributed by atoms with Crippen LogP contribution < -0.4 is 10.1 Å². The molecule has 0 saturated heterocycles. The van der Waals surface area contributed by atoms with Gasteiger partial charge in [-0.3, -0.25) is 10.00 Å².